The number of morpholine rings is 1. The van der Waals surface area contributed by atoms with Crippen LogP contribution >= 0.6 is 11.3 Å². The number of nitrogens with zero attached hydrogens (tertiary/aromatic N) is 3. The Bertz CT molecular complexity index is 2040. The zero-order chi connectivity index (χ0) is 34.9. The number of thiophene rings is 1. The van der Waals surface area contributed by atoms with Crippen LogP contribution in [0.2, 0.25) is 0 Å². The van der Waals surface area contributed by atoms with E-state index in [1.807, 2.05) is 11.1 Å². The van der Waals surface area contributed by atoms with Gasteiger partial charge in [-0.05, 0) is 46.1 Å². The van der Waals surface area contributed by atoms with Crippen molar-refractivity contribution < 1.29 is 46.4 Å². The van der Waals surface area contributed by atoms with Crippen molar-refractivity contribution in [1.82, 2.24) is 9.58 Å². The third-order valence-corrected chi connectivity index (χ3v) is 10.8. The molecule has 50 heavy (non-hydrogen) atoms. The molecule has 1 fully saturated rings. The SMILES string of the molecule is COCCOC(=O)OCOc1c2n(ccc1=O)N(C1C3=C(CC(C)C=C3)c3scc4c3-c3c1ccc(F)c3C(F)(F)C4)C1COCCN1C2=O. The Morgan fingerprint density at radius 2 is 1.98 bits per heavy atom. The van der Waals surface area contributed by atoms with Crippen LogP contribution in [0.5, 0.6) is 5.75 Å². The predicted octanol–water partition coefficient (Wildman–Crippen LogP) is 5.35. The average Bonchev–Trinajstić information content (AvgIpc) is 3.46. The number of hydrogen-bond donors (Lipinski definition) is 0. The second-order valence-corrected chi connectivity index (χ2v) is 13.6. The largest absolute Gasteiger partial charge is 0.511 e. The summed E-state index contributed by atoms with van der Waals surface area (Å²) in [6.45, 7) is 1.86. The van der Waals surface area contributed by atoms with Gasteiger partial charge in [0.1, 0.15) is 18.6 Å². The highest BCUT2D eigenvalue weighted by atomic mass is 32.1. The first-order chi connectivity index (χ1) is 24.1. The smallest absolute Gasteiger partial charge is 0.451 e. The van der Waals surface area contributed by atoms with E-state index < -0.39 is 60.2 Å². The molecule has 1 aromatic carbocycles. The second kappa shape index (κ2) is 12.3. The van der Waals surface area contributed by atoms with E-state index in [0.29, 0.717) is 23.1 Å². The van der Waals surface area contributed by atoms with Gasteiger partial charge in [-0.1, -0.05) is 25.1 Å². The Balaban J connectivity index is 1.32. The predicted molar refractivity (Wildman–Crippen MR) is 174 cm³/mol. The van der Waals surface area contributed by atoms with E-state index in [0.717, 1.165) is 22.1 Å². The van der Waals surface area contributed by atoms with Crippen LogP contribution in [0.4, 0.5) is 18.0 Å². The lowest BCUT2D eigenvalue weighted by Crippen LogP contribution is -2.66. The highest BCUT2D eigenvalue weighted by molar-refractivity contribution is 7.12. The molecule has 0 spiro atoms. The number of fused-ring (bicyclic) bond motifs is 3. The summed E-state index contributed by atoms with van der Waals surface area (Å²) in [7, 11) is 1.44. The van der Waals surface area contributed by atoms with Crippen molar-refractivity contribution in [2.75, 3.05) is 51.9 Å². The van der Waals surface area contributed by atoms with Crippen molar-refractivity contribution in [2.45, 2.75) is 37.9 Å². The molecule has 0 bridgehead atoms. The lowest BCUT2D eigenvalue weighted by Gasteiger charge is -2.52. The number of halogens is 3. The molecule has 8 rings (SSSR count). The van der Waals surface area contributed by atoms with Crippen LogP contribution in [-0.4, -0.2) is 74.7 Å². The van der Waals surface area contributed by atoms with Crippen LogP contribution in [0.3, 0.4) is 0 Å². The Morgan fingerprint density at radius 1 is 1.14 bits per heavy atom. The maximum atomic E-state index is 15.9. The molecule has 11 nitrogen and oxygen atoms in total. The van der Waals surface area contributed by atoms with Crippen molar-refractivity contribution in [3.63, 3.8) is 0 Å². The van der Waals surface area contributed by atoms with Gasteiger partial charge in [-0.3, -0.25) is 19.3 Å². The molecule has 1 saturated heterocycles. The number of pyridine rings is 1. The molecule has 4 heterocycles. The molecule has 0 radical (unpaired) electrons. The van der Waals surface area contributed by atoms with Crippen LogP contribution in [0.25, 0.3) is 16.7 Å². The van der Waals surface area contributed by atoms with Crippen molar-refractivity contribution >= 4 is 29.0 Å². The first-order valence-corrected chi connectivity index (χ1v) is 17.1. The quantitative estimate of drug-likeness (QED) is 0.182. The van der Waals surface area contributed by atoms with Gasteiger partial charge in [0, 0.05) is 48.3 Å². The van der Waals surface area contributed by atoms with E-state index in [2.05, 4.69) is 13.0 Å². The number of carbonyl (C=O) groups excluding carboxylic acids is 2. The zero-order valence-corrected chi connectivity index (χ0v) is 27.9. The monoisotopic (exact) mass is 711 g/mol. The number of rotatable bonds is 7. The van der Waals surface area contributed by atoms with Gasteiger partial charge in [0.25, 0.3) is 11.8 Å². The van der Waals surface area contributed by atoms with Crippen LogP contribution in [-0.2, 0) is 31.3 Å². The normalized spacial score (nSPS) is 22.7. The minimum atomic E-state index is -3.47. The third-order valence-electron chi connectivity index (χ3n) is 9.73. The summed E-state index contributed by atoms with van der Waals surface area (Å²) in [4.78, 5) is 42.0. The van der Waals surface area contributed by atoms with E-state index in [-0.39, 0.29) is 55.9 Å². The molecule has 3 atom stereocenters. The maximum Gasteiger partial charge on any atom is 0.511 e. The summed E-state index contributed by atoms with van der Waals surface area (Å²) >= 11 is 1.38. The van der Waals surface area contributed by atoms with Crippen molar-refractivity contribution in [3.05, 3.63) is 90.8 Å². The number of ether oxygens (including phenoxy) is 5. The lowest BCUT2D eigenvalue weighted by atomic mass is 9.80. The summed E-state index contributed by atoms with van der Waals surface area (Å²) in [6.07, 6.45) is 3.65. The molecule has 1 amide bonds. The summed E-state index contributed by atoms with van der Waals surface area (Å²) in [6, 6.07) is 3.00. The summed E-state index contributed by atoms with van der Waals surface area (Å²) < 4.78 is 75.3. The van der Waals surface area contributed by atoms with Gasteiger partial charge in [0.2, 0.25) is 18.0 Å². The van der Waals surface area contributed by atoms with E-state index in [1.165, 1.54) is 35.4 Å². The maximum absolute atomic E-state index is 15.9. The van der Waals surface area contributed by atoms with E-state index in [9.17, 15) is 14.4 Å². The number of aromatic nitrogens is 1. The number of alkyl halides is 2. The molecule has 2 aromatic heterocycles. The van der Waals surface area contributed by atoms with Gasteiger partial charge in [-0.25, -0.2) is 18.0 Å². The van der Waals surface area contributed by atoms with Gasteiger partial charge < -0.3 is 28.6 Å². The average molecular weight is 712 g/mol. The second-order valence-electron chi connectivity index (χ2n) is 12.7. The van der Waals surface area contributed by atoms with Crippen molar-refractivity contribution in [3.8, 4) is 16.9 Å². The molecule has 0 saturated carbocycles. The van der Waals surface area contributed by atoms with Crippen LogP contribution in [0.15, 0.2) is 52.3 Å². The molecular formula is C35H32F3N3O8S. The Hall–Kier alpha value is -4.60. The van der Waals surface area contributed by atoms with Crippen molar-refractivity contribution in [2.24, 2.45) is 5.92 Å². The number of hydrogen-bond acceptors (Lipinski definition) is 10. The van der Waals surface area contributed by atoms with E-state index in [4.69, 9.17) is 23.7 Å². The van der Waals surface area contributed by atoms with Crippen LogP contribution < -0.4 is 15.2 Å². The Morgan fingerprint density at radius 3 is 2.80 bits per heavy atom. The molecular weight excluding hydrogens is 679 g/mol. The number of amides is 1. The Kier molecular flexibility index (Phi) is 8.03. The highest BCUT2D eigenvalue weighted by Gasteiger charge is 2.51. The fraction of sp³-hybridized carbons (Fsp3) is 0.400. The highest BCUT2D eigenvalue weighted by Crippen LogP contribution is 2.58. The minimum Gasteiger partial charge on any atom is -0.451 e. The van der Waals surface area contributed by atoms with Crippen molar-refractivity contribution in [1.29, 1.82) is 0 Å². The van der Waals surface area contributed by atoms with Gasteiger partial charge in [-0.15, -0.1) is 11.3 Å². The molecule has 15 heteroatoms. The van der Waals surface area contributed by atoms with Gasteiger partial charge in [-0.2, -0.15) is 0 Å². The molecule has 3 aromatic rings. The van der Waals surface area contributed by atoms with Gasteiger partial charge in [0.15, 0.2) is 5.69 Å². The van der Waals surface area contributed by atoms with E-state index >= 15 is 13.2 Å². The van der Waals surface area contributed by atoms with Crippen LogP contribution in [0.1, 0.15) is 51.4 Å². The van der Waals surface area contributed by atoms with Gasteiger partial charge in [0.05, 0.1) is 31.4 Å². The topological polar surface area (TPSA) is 109 Å². The summed E-state index contributed by atoms with van der Waals surface area (Å²) in [5.74, 6) is -5.23. The molecule has 3 unspecified atom stereocenters. The molecule has 262 valence electrons. The van der Waals surface area contributed by atoms with Gasteiger partial charge >= 0.3 is 6.16 Å². The molecule has 0 N–H and O–H groups in total. The number of benzene rings is 1. The first-order valence-electron chi connectivity index (χ1n) is 16.2. The lowest BCUT2D eigenvalue weighted by molar-refractivity contribution is -0.0216. The minimum absolute atomic E-state index is 0.0652. The van der Waals surface area contributed by atoms with Crippen LogP contribution in [0, 0.1) is 11.7 Å². The first kappa shape index (κ1) is 32.6. The van der Waals surface area contributed by atoms with E-state index in [1.54, 1.807) is 16.3 Å². The zero-order valence-electron chi connectivity index (χ0n) is 27.1. The molecule has 3 aliphatic carbocycles. The molecule has 5 aliphatic rings. The number of methoxy groups -OCH3 is 1. The summed E-state index contributed by atoms with van der Waals surface area (Å²) in [5.41, 5.74) is 1.96. The molecule has 2 aliphatic heterocycles. The fourth-order valence-electron chi connectivity index (χ4n) is 7.65. The third kappa shape index (κ3) is 5.04. The fourth-order valence-corrected chi connectivity index (χ4v) is 8.81. The number of carbonyl (C=O) groups is 2. The standard InChI is InChI=1S/C35H32F3N3O8S/c1-18-3-4-20-22(13-18)32-26-19(16-50-32)14-35(37,38)28-23(36)6-5-21(27(26)28)29(20)41-25-15-46-10-9-39(25)33(43)30-31(24(42)7-8-40(30)41)48-17-49-34(44)47-12-11-45-2/h3-8,16,18,25,29H,9-15,17H2,1-2H3. The Labute approximate surface area is 288 Å². The summed E-state index contributed by atoms with van der Waals surface area (Å²) in [5, 5.41) is 3.58. The number of allylic oxidation sites excluding steroid dienone is 2.